The first kappa shape index (κ1) is 116. The molecule has 0 bridgehead atoms. The van der Waals surface area contributed by atoms with E-state index in [4.69, 9.17) is 87.7 Å². The van der Waals surface area contributed by atoms with Crippen molar-refractivity contribution in [3.8, 4) is 0 Å². The molecule has 0 aromatic carbocycles. The molecule has 538 valence electrons. The molecule has 0 saturated heterocycles. The quantitative estimate of drug-likeness (QED) is 0.0155. The van der Waals surface area contributed by atoms with Crippen molar-refractivity contribution < 1.29 is 92.1 Å². The fraction of sp³-hybridized carbons (Fsp3) is 1.00. The number of nitrogens with zero attached hydrogens (tertiary/aromatic N) is 1. The highest BCUT2D eigenvalue weighted by Crippen LogP contribution is 2.07. The van der Waals surface area contributed by atoms with Gasteiger partial charge in [0.05, 0.1) is 6.54 Å². The Bertz CT molecular complexity index is 940. The van der Waals surface area contributed by atoms with Crippen molar-refractivity contribution in [2.45, 2.75) is 232 Å². The molecule has 0 atom stereocenters. The molecule has 86 heavy (non-hydrogen) atoms. The van der Waals surface area contributed by atoms with Gasteiger partial charge in [0.1, 0.15) is 0 Å². The number of aliphatic hydroxyl groups is 9. The van der Waals surface area contributed by atoms with Gasteiger partial charge in [0.2, 0.25) is 0 Å². The zero-order valence-corrected chi connectivity index (χ0v) is 64.5. The summed E-state index contributed by atoms with van der Waals surface area (Å²) in [4.78, 5) is 9.56. The Kier molecular flexibility index (Phi) is 165. The molecule has 0 rings (SSSR count). The Morgan fingerprint density at radius 2 is 0.512 bits per heavy atom. The predicted octanol–water partition coefficient (Wildman–Crippen LogP) is 11.5. The minimum absolute atomic E-state index is 0.283. The van der Waals surface area contributed by atoms with Gasteiger partial charge in [0.25, 0.3) is 8.68 Å². The van der Waals surface area contributed by atoms with Gasteiger partial charge < -0.3 is 92.1 Å². The maximum absolute atomic E-state index is 11.1. The van der Waals surface area contributed by atoms with Crippen LogP contribution in [0.1, 0.15) is 161 Å². The van der Waals surface area contributed by atoms with Gasteiger partial charge in [-0.3, -0.25) is 0 Å². The average Bonchev–Trinajstić information content (AvgIpc) is 3.51. The van der Waals surface area contributed by atoms with E-state index in [2.05, 4.69) is 64.1 Å². The van der Waals surface area contributed by atoms with Gasteiger partial charge in [-0.2, -0.15) is 4.91 Å². The standard InChI is InChI=1S/2C9H22O2Si.C9H20O2Si.C7H16O2.C6H13NO2.2C6H14O2.C4H12OSi.5CH4O/c2*1-10-8-6-5-7-9-11-12(2,3)4;1-3-12(10)9-7-5-4-6-8-11-2;1-9-7-5-3-2-4-6-8;1-9-6-4-2-3-5-7-8;1-8-6-4-2-3-5-7;7-5-3-1-2-4-6-8;1-5-6(2,3)4;5*1-2/h2*5-9H2,1-4H3;3-9H2,1-2H3;8H,2-7H2,1H3;2-6H2,1H3;7H,2-6H2,1H3;7-8H,1-6H2;1-4H3;5*2H,1H3. The summed E-state index contributed by atoms with van der Waals surface area (Å²) in [5.41, 5.74) is 0. The zero-order valence-electron chi connectivity index (χ0n) is 60.5. The Morgan fingerprint density at radius 3 is 0.709 bits per heavy atom. The van der Waals surface area contributed by atoms with Gasteiger partial charge in [-0.05, 0) is 187 Å². The smallest absolute Gasteiger partial charge is 0.276 e. The molecule has 0 aliphatic rings. The maximum Gasteiger partial charge on any atom is 0.276 e. The molecule has 0 spiro atoms. The number of rotatable bonds is 45. The summed E-state index contributed by atoms with van der Waals surface area (Å²) in [7, 11) is 12.2. The molecule has 0 radical (unpaired) electrons. The lowest BCUT2D eigenvalue weighted by Gasteiger charge is -2.16. The van der Waals surface area contributed by atoms with E-state index in [-0.39, 0.29) is 13.2 Å². The lowest BCUT2D eigenvalue weighted by molar-refractivity contribution is 0.188. The predicted molar refractivity (Wildman–Crippen MR) is 372 cm³/mol. The van der Waals surface area contributed by atoms with E-state index in [0.29, 0.717) is 19.8 Å². The molecule has 0 saturated carbocycles. The van der Waals surface area contributed by atoms with Crippen LogP contribution in [0.25, 0.3) is 0 Å². The van der Waals surface area contributed by atoms with Crippen molar-refractivity contribution in [2.24, 2.45) is 5.18 Å². The molecule has 0 fully saturated rings. The fourth-order valence-electron chi connectivity index (χ4n) is 5.33. The fourth-order valence-corrected chi connectivity index (χ4v) is 7.84. The van der Waals surface area contributed by atoms with Crippen LogP contribution in [0.3, 0.4) is 0 Å². The summed E-state index contributed by atoms with van der Waals surface area (Å²) in [6, 6.07) is 1.83. The van der Waals surface area contributed by atoms with E-state index >= 15 is 0 Å². The highest BCUT2D eigenvalue weighted by Gasteiger charge is 2.13. The summed E-state index contributed by atoms with van der Waals surface area (Å²) in [5.74, 6) is 0. The molecular formula is C61H153NO20Si4. The van der Waals surface area contributed by atoms with Crippen molar-refractivity contribution in [3.05, 3.63) is 4.91 Å². The van der Waals surface area contributed by atoms with Crippen LogP contribution in [-0.2, 0) is 46.2 Å². The minimum atomic E-state index is -1.26. The Labute approximate surface area is 536 Å². The SMILES string of the molecule is CC[Si](=O)CCCCCCOC.CO.CO.CO.CO.CO.COCCCCCCO.COCCCCCN=O.COCCCCCO.COCCCCCO[Si](C)(C)C.COCCCCCO[Si](C)(C)C.CO[Si](C)(C)C.OCCCCCCO. The van der Waals surface area contributed by atoms with E-state index in [1.807, 2.05) is 6.92 Å². The van der Waals surface area contributed by atoms with E-state index in [0.717, 1.165) is 210 Å². The summed E-state index contributed by atoms with van der Waals surface area (Å²) in [5, 5.41) is 71.1. The molecule has 0 aliphatic heterocycles. The molecule has 9 N–H and O–H groups in total. The number of methoxy groups -OCH3 is 6. The minimum Gasteiger partial charge on any atom is -0.421 e. The van der Waals surface area contributed by atoms with Crippen LogP contribution in [0.2, 0.25) is 71.0 Å². The molecule has 0 unspecified atom stereocenters. The van der Waals surface area contributed by atoms with Gasteiger partial charge >= 0.3 is 0 Å². The van der Waals surface area contributed by atoms with Gasteiger partial charge in [0, 0.05) is 165 Å². The lowest BCUT2D eigenvalue weighted by Crippen LogP contribution is -2.25. The normalized spacial score (nSPS) is 9.80. The van der Waals surface area contributed by atoms with Gasteiger partial charge in [-0.25, -0.2) is 0 Å². The van der Waals surface area contributed by atoms with E-state index in [1.54, 1.807) is 49.8 Å². The van der Waals surface area contributed by atoms with Crippen molar-refractivity contribution in [3.63, 3.8) is 0 Å². The second kappa shape index (κ2) is 122. The van der Waals surface area contributed by atoms with E-state index < -0.39 is 33.6 Å². The van der Waals surface area contributed by atoms with Crippen molar-refractivity contribution >= 4 is 33.6 Å². The van der Waals surface area contributed by atoms with Gasteiger partial charge in [0.15, 0.2) is 25.0 Å². The van der Waals surface area contributed by atoms with Crippen LogP contribution in [0.4, 0.5) is 0 Å². The summed E-state index contributed by atoms with van der Waals surface area (Å²) in [6.07, 6.45) is 26.0. The molecule has 0 amide bonds. The number of aliphatic hydroxyl groups excluding tert-OH is 9. The van der Waals surface area contributed by atoms with Crippen LogP contribution in [0, 0.1) is 4.91 Å². The molecular weight excluding hydrogens is 1180 g/mol. The first-order valence-electron chi connectivity index (χ1n) is 31.4. The first-order valence-corrected chi connectivity index (χ1v) is 43.4. The van der Waals surface area contributed by atoms with E-state index in [1.165, 1.54) is 44.9 Å². The Hall–Kier alpha value is -0.452. The largest absolute Gasteiger partial charge is 0.421 e. The number of nitroso groups, excluding NO2 is 1. The van der Waals surface area contributed by atoms with Crippen molar-refractivity contribution in [1.29, 1.82) is 0 Å². The van der Waals surface area contributed by atoms with Gasteiger partial charge in [-0.15, -0.1) is 0 Å². The van der Waals surface area contributed by atoms with Crippen LogP contribution in [0.15, 0.2) is 5.18 Å². The average molecular weight is 1330 g/mol. The van der Waals surface area contributed by atoms with Crippen LogP contribution in [0.5, 0.6) is 0 Å². The summed E-state index contributed by atoms with van der Waals surface area (Å²) in [6.45, 7) is 30.4. The van der Waals surface area contributed by atoms with Gasteiger partial charge in [-0.1, -0.05) is 50.6 Å². The molecule has 0 heterocycles. The van der Waals surface area contributed by atoms with Crippen LogP contribution in [-0.4, -0.2) is 251 Å². The molecule has 25 heteroatoms. The first-order chi connectivity index (χ1) is 41.1. The highest BCUT2D eigenvalue weighted by atomic mass is 28.4. The highest BCUT2D eigenvalue weighted by molar-refractivity contribution is 6.70. The second-order valence-corrected chi connectivity index (χ2v) is 37.0. The van der Waals surface area contributed by atoms with Crippen LogP contribution >= 0.6 is 0 Å². The summed E-state index contributed by atoms with van der Waals surface area (Å²) < 4.78 is 56.9. The second-order valence-electron chi connectivity index (χ2n) is 21.1. The Morgan fingerprint density at radius 1 is 0.314 bits per heavy atom. The third-order valence-corrected chi connectivity index (χ3v) is 15.1. The number of ether oxygens (including phenoxy) is 6. The third kappa shape index (κ3) is 206. The monoisotopic (exact) mass is 1330 g/mol. The number of hydrogen-bond donors (Lipinski definition) is 9. The van der Waals surface area contributed by atoms with E-state index in [9.17, 15) is 9.37 Å². The van der Waals surface area contributed by atoms with Crippen molar-refractivity contribution in [2.75, 3.05) is 171 Å². The zero-order chi connectivity index (χ0) is 69.7. The number of unbranched alkanes of at least 4 members (excludes halogenated alkanes) is 17. The molecule has 0 aromatic rings. The Balaban J connectivity index is -0.0000000634. The number of hydrogen-bond acceptors (Lipinski definition) is 21. The molecule has 0 aliphatic carbocycles. The third-order valence-electron chi connectivity index (χ3n) is 10.0. The topological polar surface area (TPSA) is 312 Å². The molecule has 0 aromatic heterocycles. The van der Waals surface area contributed by atoms with Crippen molar-refractivity contribution in [1.82, 2.24) is 0 Å². The molecule has 21 nitrogen and oxygen atoms in total. The van der Waals surface area contributed by atoms with Crippen LogP contribution < -0.4 is 0 Å². The maximum atomic E-state index is 11.1. The summed E-state index contributed by atoms with van der Waals surface area (Å²) >= 11 is 0. The lowest BCUT2D eigenvalue weighted by atomic mass is 10.2.